The van der Waals surface area contributed by atoms with Crippen molar-refractivity contribution >= 4 is 27.5 Å². The second-order valence-electron chi connectivity index (χ2n) is 6.66. The van der Waals surface area contributed by atoms with Crippen LogP contribution in [0.2, 0.25) is 0 Å². The number of nitrogens with zero attached hydrogens (tertiary/aromatic N) is 1. The van der Waals surface area contributed by atoms with Gasteiger partial charge in [0, 0.05) is 23.2 Å². The molecule has 1 heterocycles. The van der Waals surface area contributed by atoms with Crippen LogP contribution in [0, 0.1) is 6.92 Å². The number of ether oxygens (including phenoxy) is 1. The summed E-state index contributed by atoms with van der Waals surface area (Å²) in [4.78, 5) is 15.1. The van der Waals surface area contributed by atoms with Gasteiger partial charge in [-0.2, -0.15) is 0 Å². The lowest BCUT2D eigenvalue weighted by Crippen LogP contribution is -2.63. The number of likely N-dealkylation sites (tertiary alicyclic amines) is 1. The topological polar surface area (TPSA) is 41.6 Å². The van der Waals surface area contributed by atoms with Crippen LogP contribution in [0.1, 0.15) is 24.5 Å². The smallest absolute Gasteiger partial charge is 0.244 e. The first kappa shape index (κ1) is 18.0. The maximum Gasteiger partial charge on any atom is 0.244 e. The maximum atomic E-state index is 12.9. The first-order valence-corrected chi connectivity index (χ1v) is 9.18. The summed E-state index contributed by atoms with van der Waals surface area (Å²) in [6, 6.07) is 13.9. The number of carbonyl (C=O) groups is 1. The van der Waals surface area contributed by atoms with E-state index in [1.807, 2.05) is 56.3 Å². The number of nitrogens with one attached hydrogen (secondary N) is 1. The normalized spacial score (nSPS) is 20.0. The van der Waals surface area contributed by atoms with Gasteiger partial charge in [-0.25, -0.2) is 0 Å². The highest BCUT2D eigenvalue weighted by Crippen LogP contribution is 2.34. The van der Waals surface area contributed by atoms with Crippen molar-refractivity contribution in [3.05, 3.63) is 58.1 Å². The van der Waals surface area contributed by atoms with Gasteiger partial charge in [0.15, 0.2) is 0 Å². The molecule has 4 nitrogen and oxygen atoms in total. The summed E-state index contributed by atoms with van der Waals surface area (Å²) in [5, 5.41) is 3.10. The lowest BCUT2D eigenvalue weighted by Gasteiger charge is -2.49. The molecule has 0 spiro atoms. The monoisotopic (exact) mass is 402 g/mol. The molecule has 0 saturated carbocycles. The van der Waals surface area contributed by atoms with Gasteiger partial charge in [0.2, 0.25) is 5.91 Å². The first-order valence-electron chi connectivity index (χ1n) is 8.38. The van der Waals surface area contributed by atoms with Crippen LogP contribution in [0.25, 0.3) is 0 Å². The standard InChI is InChI=1S/C20H23BrN2O2/c1-14-17(21)5-4-6-18(14)22-19(24)20(2)11-12-23(20)13-15-7-9-16(25-3)10-8-15/h4-10H,11-13H2,1-3H3,(H,22,24). The fourth-order valence-corrected chi connectivity index (χ4v) is 3.43. The van der Waals surface area contributed by atoms with E-state index in [9.17, 15) is 4.79 Å². The summed E-state index contributed by atoms with van der Waals surface area (Å²) in [5.41, 5.74) is 2.60. The SMILES string of the molecule is COc1ccc(CN2CCC2(C)C(=O)Nc2cccc(Br)c2C)cc1. The lowest BCUT2D eigenvalue weighted by atomic mass is 9.85. The molecular formula is C20H23BrN2O2. The Hall–Kier alpha value is -1.85. The predicted octanol–water partition coefficient (Wildman–Crippen LogP) is 4.37. The third-order valence-corrected chi connectivity index (χ3v) is 5.96. The Labute approximate surface area is 157 Å². The van der Waals surface area contributed by atoms with Crippen LogP contribution in [-0.4, -0.2) is 30.0 Å². The molecule has 3 rings (SSSR count). The van der Waals surface area contributed by atoms with Gasteiger partial charge in [0.05, 0.1) is 12.6 Å². The highest BCUT2D eigenvalue weighted by molar-refractivity contribution is 9.10. The van der Waals surface area contributed by atoms with Crippen LogP contribution < -0.4 is 10.1 Å². The van der Waals surface area contributed by atoms with Crippen LogP contribution >= 0.6 is 15.9 Å². The number of benzene rings is 2. The van der Waals surface area contributed by atoms with Gasteiger partial charge in [-0.1, -0.05) is 34.1 Å². The van der Waals surface area contributed by atoms with Crippen LogP contribution in [0.4, 0.5) is 5.69 Å². The van der Waals surface area contributed by atoms with E-state index in [0.29, 0.717) is 0 Å². The minimum atomic E-state index is -0.477. The highest BCUT2D eigenvalue weighted by Gasteiger charge is 2.46. The van der Waals surface area contributed by atoms with Gasteiger partial charge in [-0.05, 0) is 55.7 Å². The molecule has 1 aliphatic rings. The summed E-state index contributed by atoms with van der Waals surface area (Å²) in [5.74, 6) is 0.895. The molecule has 0 aliphatic carbocycles. The molecular weight excluding hydrogens is 380 g/mol. The van der Waals surface area contributed by atoms with Crippen LogP contribution in [0.15, 0.2) is 46.9 Å². The van der Waals surface area contributed by atoms with Crippen molar-refractivity contribution in [3.63, 3.8) is 0 Å². The summed E-state index contributed by atoms with van der Waals surface area (Å²) in [6.45, 7) is 5.69. The zero-order chi connectivity index (χ0) is 18.0. The molecule has 1 N–H and O–H groups in total. The molecule has 5 heteroatoms. The van der Waals surface area contributed by atoms with Crippen LogP contribution in [0.3, 0.4) is 0 Å². The molecule has 1 amide bonds. The lowest BCUT2D eigenvalue weighted by molar-refractivity contribution is -0.136. The van der Waals surface area contributed by atoms with Gasteiger partial charge in [0.25, 0.3) is 0 Å². The molecule has 1 saturated heterocycles. The van der Waals surface area contributed by atoms with Gasteiger partial charge in [-0.15, -0.1) is 0 Å². The van der Waals surface area contributed by atoms with Crippen molar-refractivity contribution < 1.29 is 9.53 Å². The van der Waals surface area contributed by atoms with Crippen molar-refractivity contribution in [3.8, 4) is 5.75 Å². The number of carbonyl (C=O) groups excluding carboxylic acids is 1. The second-order valence-corrected chi connectivity index (χ2v) is 7.51. The molecule has 1 unspecified atom stereocenters. The van der Waals surface area contributed by atoms with E-state index in [0.717, 1.165) is 41.0 Å². The molecule has 0 aromatic heterocycles. The minimum absolute atomic E-state index is 0.0495. The van der Waals surface area contributed by atoms with E-state index >= 15 is 0 Å². The Kier molecular flexibility index (Phi) is 5.16. The van der Waals surface area contributed by atoms with Gasteiger partial charge >= 0.3 is 0 Å². The molecule has 1 aliphatic heterocycles. The third kappa shape index (κ3) is 3.58. The van der Waals surface area contributed by atoms with E-state index < -0.39 is 5.54 Å². The van der Waals surface area contributed by atoms with Gasteiger partial charge < -0.3 is 10.1 Å². The third-order valence-electron chi connectivity index (χ3n) is 5.10. The summed E-state index contributed by atoms with van der Waals surface area (Å²) < 4.78 is 6.20. The zero-order valence-electron chi connectivity index (χ0n) is 14.8. The van der Waals surface area contributed by atoms with Gasteiger partial charge in [0.1, 0.15) is 5.75 Å². The number of hydrogen-bond donors (Lipinski definition) is 1. The second kappa shape index (κ2) is 7.18. The Morgan fingerprint density at radius 2 is 2.00 bits per heavy atom. The zero-order valence-corrected chi connectivity index (χ0v) is 16.4. The maximum absolute atomic E-state index is 12.9. The Bertz CT molecular complexity index is 776. The van der Waals surface area contributed by atoms with Crippen molar-refractivity contribution in [2.45, 2.75) is 32.4 Å². The van der Waals surface area contributed by atoms with E-state index in [2.05, 4.69) is 26.1 Å². The number of hydrogen-bond acceptors (Lipinski definition) is 3. The predicted molar refractivity (Wildman–Crippen MR) is 104 cm³/mol. The number of halogens is 1. The van der Waals surface area contributed by atoms with Gasteiger partial charge in [-0.3, -0.25) is 9.69 Å². The van der Waals surface area contributed by atoms with E-state index in [1.165, 1.54) is 5.56 Å². The number of rotatable bonds is 5. The van der Waals surface area contributed by atoms with Crippen LogP contribution in [0.5, 0.6) is 5.75 Å². The molecule has 1 fully saturated rings. The van der Waals surface area contributed by atoms with E-state index in [1.54, 1.807) is 7.11 Å². The molecule has 0 radical (unpaired) electrons. The highest BCUT2D eigenvalue weighted by atomic mass is 79.9. The summed E-state index contributed by atoms with van der Waals surface area (Å²) in [6.07, 6.45) is 0.863. The van der Waals surface area contributed by atoms with Crippen LogP contribution in [-0.2, 0) is 11.3 Å². The summed E-state index contributed by atoms with van der Waals surface area (Å²) >= 11 is 3.51. The average Bonchev–Trinajstić information content (AvgIpc) is 2.62. The Morgan fingerprint density at radius 3 is 2.60 bits per heavy atom. The molecule has 132 valence electrons. The van der Waals surface area contributed by atoms with Crippen molar-refractivity contribution in [1.82, 2.24) is 4.90 Å². The number of anilines is 1. The molecule has 0 bridgehead atoms. The van der Waals surface area contributed by atoms with Crippen molar-refractivity contribution in [2.75, 3.05) is 19.0 Å². The Balaban J connectivity index is 1.69. The number of methoxy groups -OCH3 is 1. The molecule has 1 atom stereocenters. The quantitative estimate of drug-likeness (QED) is 0.806. The molecule has 2 aromatic carbocycles. The van der Waals surface area contributed by atoms with Crippen molar-refractivity contribution in [2.24, 2.45) is 0 Å². The fourth-order valence-electron chi connectivity index (χ4n) is 3.07. The number of amides is 1. The van der Waals surface area contributed by atoms with E-state index in [4.69, 9.17) is 4.74 Å². The largest absolute Gasteiger partial charge is 0.497 e. The fraction of sp³-hybridized carbons (Fsp3) is 0.350. The molecule has 25 heavy (non-hydrogen) atoms. The van der Waals surface area contributed by atoms with Crippen molar-refractivity contribution in [1.29, 1.82) is 0 Å². The Morgan fingerprint density at radius 1 is 1.28 bits per heavy atom. The first-order chi connectivity index (χ1) is 11.9. The molecule has 2 aromatic rings. The summed E-state index contributed by atoms with van der Waals surface area (Å²) in [7, 11) is 1.66. The van der Waals surface area contributed by atoms with E-state index in [-0.39, 0.29) is 5.91 Å². The average molecular weight is 403 g/mol. The minimum Gasteiger partial charge on any atom is -0.497 e.